The van der Waals surface area contributed by atoms with E-state index in [1.165, 1.54) is 5.56 Å². The Morgan fingerprint density at radius 1 is 1.12 bits per heavy atom. The summed E-state index contributed by atoms with van der Waals surface area (Å²) >= 11 is 1.65. The van der Waals surface area contributed by atoms with Crippen molar-refractivity contribution in [1.82, 2.24) is 14.5 Å². The van der Waals surface area contributed by atoms with E-state index in [9.17, 15) is 5.11 Å². The van der Waals surface area contributed by atoms with Crippen LogP contribution in [0.15, 0.2) is 42.7 Å². The molecule has 32 heavy (non-hydrogen) atoms. The Bertz CT molecular complexity index is 1250. The molecule has 2 aromatic carbocycles. The van der Waals surface area contributed by atoms with E-state index >= 15 is 0 Å². The van der Waals surface area contributed by atoms with Gasteiger partial charge in [-0.25, -0.2) is 9.97 Å². The lowest BCUT2D eigenvalue weighted by Crippen LogP contribution is -2.38. The van der Waals surface area contributed by atoms with Gasteiger partial charge in [0.25, 0.3) is 0 Å². The first-order chi connectivity index (χ1) is 15.7. The highest BCUT2D eigenvalue weighted by Gasteiger charge is 2.24. The molecule has 8 heteroatoms. The molecule has 0 radical (unpaired) electrons. The van der Waals surface area contributed by atoms with E-state index in [-0.39, 0.29) is 18.2 Å². The third kappa shape index (κ3) is 3.94. The van der Waals surface area contributed by atoms with Crippen LogP contribution in [-0.4, -0.2) is 51.1 Å². The number of fused-ring (bicyclic) bond motifs is 2. The van der Waals surface area contributed by atoms with Crippen molar-refractivity contribution in [2.75, 3.05) is 18.5 Å². The van der Waals surface area contributed by atoms with Gasteiger partial charge in [-0.2, -0.15) is 0 Å². The Labute approximate surface area is 190 Å². The number of thiazole rings is 1. The number of imidazole rings is 1. The molecule has 2 fully saturated rings. The van der Waals surface area contributed by atoms with Crippen LogP contribution in [0.4, 0.5) is 5.13 Å². The van der Waals surface area contributed by atoms with Gasteiger partial charge in [0.2, 0.25) is 0 Å². The maximum atomic E-state index is 10.2. The molecule has 1 saturated carbocycles. The summed E-state index contributed by atoms with van der Waals surface area (Å²) in [5.74, 6) is 0.838. The highest BCUT2D eigenvalue weighted by molar-refractivity contribution is 7.22. The number of rotatable bonds is 6. The summed E-state index contributed by atoms with van der Waals surface area (Å²) in [6.45, 7) is 2.06. The Balaban J connectivity index is 1.19. The monoisotopic (exact) mass is 450 g/mol. The molecule has 1 aliphatic heterocycles. The number of nitrogens with one attached hydrogen (secondary N) is 1. The molecule has 7 nitrogen and oxygen atoms in total. The topological polar surface area (TPSA) is 81.4 Å². The smallest absolute Gasteiger partial charge is 0.184 e. The van der Waals surface area contributed by atoms with Crippen molar-refractivity contribution in [3.05, 3.63) is 48.3 Å². The molecule has 0 unspecified atom stereocenters. The number of ether oxygens (including phenoxy) is 2. The third-order valence-electron chi connectivity index (χ3n) is 6.35. The normalized spacial score (nSPS) is 21.7. The number of aliphatic hydroxyl groups is 1. The standard InChI is InChI=1S/C24H26N4O3S/c29-22-4-2-1-3-18(22)26-24-27-19-7-5-15(9-23(19)32-24)11-28-14-25-20-10-16(6-8-21(20)28)31-17-12-30-13-17/h5-10,14,17-18,22,29H,1-4,11-13H2,(H,26,27)/t18-,22-/m1/s1. The number of hydrogen-bond donors (Lipinski definition) is 2. The van der Waals surface area contributed by atoms with Crippen molar-refractivity contribution < 1.29 is 14.6 Å². The van der Waals surface area contributed by atoms with Gasteiger partial charge < -0.3 is 24.5 Å². The molecule has 1 aliphatic carbocycles. The van der Waals surface area contributed by atoms with E-state index in [0.29, 0.717) is 13.2 Å². The Morgan fingerprint density at radius 3 is 2.88 bits per heavy atom. The molecule has 2 N–H and O–H groups in total. The van der Waals surface area contributed by atoms with Crippen molar-refractivity contribution in [3.63, 3.8) is 0 Å². The number of hydrogen-bond acceptors (Lipinski definition) is 7. The number of benzene rings is 2. The molecule has 2 atom stereocenters. The van der Waals surface area contributed by atoms with Gasteiger partial charge >= 0.3 is 0 Å². The quantitative estimate of drug-likeness (QED) is 0.459. The zero-order chi connectivity index (χ0) is 21.5. The third-order valence-corrected chi connectivity index (χ3v) is 7.30. The van der Waals surface area contributed by atoms with Crippen LogP contribution in [0.1, 0.15) is 31.2 Å². The van der Waals surface area contributed by atoms with Crippen molar-refractivity contribution >= 4 is 37.7 Å². The van der Waals surface area contributed by atoms with Crippen LogP contribution in [0, 0.1) is 0 Å². The number of aliphatic hydroxyl groups excluding tert-OH is 1. The maximum Gasteiger partial charge on any atom is 0.184 e. The fraction of sp³-hybridized carbons (Fsp3) is 0.417. The first-order valence-electron chi connectivity index (χ1n) is 11.2. The second kappa shape index (κ2) is 8.35. The van der Waals surface area contributed by atoms with E-state index in [4.69, 9.17) is 14.5 Å². The highest BCUT2D eigenvalue weighted by Crippen LogP contribution is 2.30. The van der Waals surface area contributed by atoms with Crippen molar-refractivity contribution in [2.24, 2.45) is 0 Å². The van der Waals surface area contributed by atoms with Crippen LogP contribution < -0.4 is 10.1 Å². The second-order valence-electron chi connectivity index (χ2n) is 8.72. The lowest BCUT2D eigenvalue weighted by molar-refractivity contribution is -0.0796. The zero-order valence-corrected chi connectivity index (χ0v) is 18.6. The van der Waals surface area contributed by atoms with Gasteiger partial charge in [0.1, 0.15) is 11.9 Å². The minimum Gasteiger partial charge on any atom is -0.486 e. The highest BCUT2D eigenvalue weighted by atomic mass is 32.1. The van der Waals surface area contributed by atoms with Crippen molar-refractivity contribution in [1.29, 1.82) is 0 Å². The van der Waals surface area contributed by atoms with Crippen LogP contribution in [0.5, 0.6) is 5.75 Å². The zero-order valence-electron chi connectivity index (χ0n) is 17.7. The molecule has 1 saturated heterocycles. The van der Waals surface area contributed by atoms with Gasteiger partial charge in [-0.3, -0.25) is 0 Å². The minimum absolute atomic E-state index is 0.104. The van der Waals surface area contributed by atoms with Gasteiger partial charge in [0.15, 0.2) is 5.13 Å². The molecular formula is C24H26N4O3S. The number of aromatic nitrogens is 3. The summed E-state index contributed by atoms with van der Waals surface area (Å²) in [5.41, 5.74) is 4.21. The van der Waals surface area contributed by atoms with E-state index in [1.807, 2.05) is 18.5 Å². The van der Waals surface area contributed by atoms with Gasteiger partial charge in [0.05, 0.1) is 52.9 Å². The molecule has 0 spiro atoms. The minimum atomic E-state index is -0.284. The molecule has 4 aromatic rings. The SMILES string of the molecule is O[C@@H]1CCCC[C@H]1Nc1nc2ccc(Cn3cnc4cc(OC5COC5)ccc43)cc2s1. The molecule has 166 valence electrons. The molecule has 0 amide bonds. The largest absolute Gasteiger partial charge is 0.486 e. The number of nitrogens with zero attached hydrogens (tertiary/aromatic N) is 3. The predicted molar refractivity (Wildman–Crippen MR) is 126 cm³/mol. The molecule has 6 rings (SSSR count). The summed E-state index contributed by atoms with van der Waals surface area (Å²) in [6.07, 6.45) is 5.89. The van der Waals surface area contributed by atoms with E-state index in [2.05, 4.69) is 39.1 Å². The van der Waals surface area contributed by atoms with Gasteiger partial charge in [-0.1, -0.05) is 30.2 Å². The molecule has 2 aromatic heterocycles. The average Bonchev–Trinajstić information content (AvgIpc) is 3.35. The average molecular weight is 451 g/mol. The van der Waals surface area contributed by atoms with Crippen molar-refractivity contribution in [3.8, 4) is 5.75 Å². The van der Waals surface area contributed by atoms with Crippen LogP contribution in [0.3, 0.4) is 0 Å². The van der Waals surface area contributed by atoms with E-state index < -0.39 is 0 Å². The van der Waals surface area contributed by atoms with Crippen LogP contribution in [0.2, 0.25) is 0 Å². The second-order valence-corrected chi connectivity index (χ2v) is 9.75. The van der Waals surface area contributed by atoms with Gasteiger partial charge in [0, 0.05) is 12.6 Å². The number of anilines is 1. The van der Waals surface area contributed by atoms with E-state index in [1.54, 1.807) is 11.3 Å². The Hall–Kier alpha value is -2.68. The van der Waals surface area contributed by atoms with Crippen LogP contribution >= 0.6 is 11.3 Å². The molecule has 0 bridgehead atoms. The first kappa shape index (κ1) is 20.0. The fourth-order valence-electron chi connectivity index (χ4n) is 4.48. The Morgan fingerprint density at radius 2 is 2.03 bits per heavy atom. The summed E-state index contributed by atoms with van der Waals surface area (Å²) in [5, 5.41) is 14.6. The van der Waals surface area contributed by atoms with Crippen LogP contribution in [-0.2, 0) is 11.3 Å². The Kier molecular flexibility index (Phi) is 5.21. The van der Waals surface area contributed by atoms with Crippen molar-refractivity contribution in [2.45, 2.75) is 50.5 Å². The van der Waals surface area contributed by atoms with Gasteiger partial charge in [-0.15, -0.1) is 0 Å². The first-order valence-corrected chi connectivity index (χ1v) is 12.1. The lowest BCUT2D eigenvalue weighted by atomic mass is 9.93. The molecular weight excluding hydrogens is 424 g/mol. The summed E-state index contributed by atoms with van der Waals surface area (Å²) in [7, 11) is 0. The molecule has 3 heterocycles. The fourth-order valence-corrected chi connectivity index (χ4v) is 5.47. The maximum absolute atomic E-state index is 10.2. The summed E-state index contributed by atoms with van der Waals surface area (Å²) in [4.78, 5) is 9.30. The summed E-state index contributed by atoms with van der Waals surface area (Å²) < 4.78 is 14.4. The summed E-state index contributed by atoms with van der Waals surface area (Å²) in [6, 6.07) is 12.6. The van der Waals surface area contributed by atoms with Gasteiger partial charge in [-0.05, 0) is 42.7 Å². The molecule has 2 aliphatic rings. The van der Waals surface area contributed by atoms with E-state index in [0.717, 1.165) is 64.4 Å². The predicted octanol–water partition coefficient (Wildman–Crippen LogP) is 4.19. The van der Waals surface area contributed by atoms with Crippen LogP contribution in [0.25, 0.3) is 21.3 Å². The lowest BCUT2D eigenvalue weighted by Gasteiger charge is -2.27.